The van der Waals surface area contributed by atoms with Gasteiger partial charge < -0.3 is 14.7 Å². The normalized spacial score (nSPS) is 9.36. The van der Waals surface area contributed by atoms with Gasteiger partial charge in [0.2, 0.25) is 0 Å². The molecule has 1 N–H and O–H groups in total. The van der Waals surface area contributed by atoms with E-state index in [1.807, 2.05) is 13.8 Å². The number of aromatic hydroxyl groups is 1. The SMILES string of the molecule is CC.O=C(OCCSSCCO[N+](=O)[O-])c1ccc(O)cc1. The van der Waals surface area contributed by atoms with Gasteiger partial charge in [0.25, 0.3) is 5.09 Å². The number of ether oxygens (including phenoxy) is 1. The molecular formula is C13H19NO6S2. The van der Waals surface area contributed by atoms with Gasteiger partial charge in [-0.2, -0.15) is 0 Å². The number of phenols is 1. The first-order valence-corrected chi connectivity index (χ1v) is 9.06. The Bertz CT molecular complexity index is 441. The Morgan fingerprint density at radius 3 is 2.27 bits per heavy atom. The lowest BCUT2D eigenvalue weighted by Gasteiger charge is -2.04. The molecule has 0 unspecified atom stereocenters. The molecule has 0 aliphatic heterocycles. The standard InChI is InChI=1S/C11H13NO6S2.C2H6/c13-10-3-1-9(2-4-10)11(14)17-5-7-19-20-8-6-18-12(15)16;1-2/h1-4,13H,5-8H2;1-2H3. The minimum absolute atomic E-state index is 0.0396. The molecule has 1 aromatic carbocycles. The van der Waals surface area contributed by atoms with Crippen LogP contribution in [0, 0.1) is 10.1 Å². The highest BCUT2D eigenvalue weighted by Gasteiger charge is 2.06. The van der Waals surface area contributed by atoms with Crippen molar-refractivity contribution in [3.05, 3.63) is 39.9 Å². The maximum Gasteiger partial charge on any atom is 0.338 e. The summed E-state index contributed by atoms with van der Waals surface area (Å²) in [6, 6.07) is 5.79. The summed E-state index contributed by atoms with van der Waals surface area (Å²) < 4.78 is 5.02. The van der Waals surface area contributed by atoms with Crippen LogP contribution in [0.25, 0.3) is 0 Å². The van der Waals surface area contributed by atoms with Gasteiger partial charge in [0.05, 0.1) is 5.56 Å². The van der Waals surface area contributed by atoms with E-state index in [0.717, 1.165) is 0 Å². The highest BCUT2D eigenvalue weighted by atomic mass is 33.1. The number of nitrogens with zero attached hydrogens (tertiary/aromatic N) is 1. The summed E-state index contributed by atoms with van der Waals surface area (Å²) in [4.78, 5) is 25.5. The zero-order chi connectivity index (χ0) is 16.8. The molecule has 0 atom stereocenters. The Labute approximate surface area is 136 Å². The summed E-state index contributed by atoms with van der Waals surface area (Å²) in [5.41, 5.74) is 0.375. The highest BCUT2D eigenvalue weighted by molar-refractivity contribution is 8.76. The Morgan fingerprint density at radius 2 is 1.73 bits per heavy atom. The maximum absolute atomic E-state index is 11.6. The van der Waals surface area contributed by atoms with E-state index >= 15 is 0 Å². The third-order valence-electron chi connectivity index (χ3n) is 1.95. The van der Waals surface area contributed by atoms with Crippen LogP contribution in [-0.4, -0.2) is 40.9 Å². The predicted molar refractivity (Wildman–Crippen MR) is 87.6 cm³/mol. The lowest BCUT2D eigenvalue weighted by Crippen LogP contribution is -2.07. The fraction of sp³-hybridized carbons (Fsp3) is 0.462. The molecule has 0 amide bonds. The average molecular weight is 349 g/mol. The van der Waals surface area contributed by atoms with E-state index in [1.54, 1.807) is 0 Å². The Hall–Kier alpha value is -1.61. The first-order chi connectivity index (χ1) is 10.6. The van der Waals surface area contributed by atoms with Crippen molar-refractivity contribution in [2.24, 2.45) is 0 Å². The van der Waals surface area contributed by atoms with Crippen LogP contribution in [0.5, 0.6) is 5.75 Å². The van der Waals surface area contributed by atoms with Crippen molar-refractivity contribution in [2.75, 3.05) is 24.7 Å². The van der Waals surface area contributed by atoms with Gasteiger partial charge in [-0.25, -0.2) is 4.79 Å². The Morgan fingerprint density at radius 1 is 1.18 bits per heavy atom. The second-order valence-corrected chi connectivity index (χ2v) is 6.09. The van der Waals surface area contributed by atoms with E-state index in [1.165, 1.54) is 45.9 Å². The molecule has 7 nitrogen and oxygen atoms in total. The van der Waals surface area contributed by atoms with Gasteiger partial charge in [-0.3, -0.25) is 0 Å². The zero-order valence-electron chi connectivity index (χ0n) is 12.4. The minimum Gasteiger partial charge on any atom is -0.508 e. The van der Waals surface area contributed by atoms with Gasteiger partial charge >= 0.3 is 5.97 Å². The van der Waals surface area contributed by atoms with E-state index in [9.17, 15) is 14.9 Å². The van der Waals surface area contributed by atoms with Crippen LogP contribution < -0.4 is 0 Å². The summed E-state index contributed by atoms with van der Waals surface area (Å²) in [7, 11) is 2.85. The summed E-state index contributed by atoms with van der Waals surface area (Å²) in [5.74, 6) is 0.697. The summed E-state index contributed by atoms with van der Waals surface area (Å²) >= 11 is 0. The fourth-order valence-corrected chi connectivity index (χ4v) is 2.76. The fourth-order valence-electron chi connectivity index (χ4n) is 1.11. The van der Waals surface area contributed by atoms with Crippen LogP contribution in [-0.2, 0) is 9.57 Å². The molecule has 0 aliphatic carbocycles. The van der Waals surface area contributed by atoms with Crippen molar-refractivity contribution in [1.29, 1.82) is 0 Å². The van der Waals surface area contributed by atoms with Crippen LogP contribution >= 0.6 is 21.6 Å². The minimum atomic E-state index is -0.829. The van der Waals surface area contributed by atoms with Crippen LogP contribution in [0.4, 0.5) is 0 Å². The summed E-state index contributed by atoms with van der Waals surface area (Å²) in [6.45, 7) is 4.28. The van der Waals surface area contributed by atoms with Gasteiger partial charge in [-0.15, -0.1) is 10.1 Å². The highest BCUT2D eigenvalue weighted by Crippen LogP contribution is 2.20. The summed E-state index contributed by atoms with van der Waals surface area (Å²) in [6.07, 6.45) is 0. The van der Waals surface area contributed by atoms with Gasteiger partial charge in [-0.1, -0.05) is 35.4 Å². The molecule has 124 valence electrons. The van der Waals surface area contributed by atoms with E-state index in [2.05, 4.69) is 4.84 Å². The number of phenolic OH excluding ortho intramolecular Hbond substituents is 1. The monoisotopic (exact) mass is 349 g/mol. The lowest BCUT2D eigenvalue weighted by atomic mass is 10.2. The van der Waals surface area contributed by atoms with Crippen molar-refractivity contribution < 1.29 is 24.6 Å². The molecule has 22 heavy (non-hydrogen) atoms. The predicted octanol–water partition coefficient (Wildman–Crippen LogP) is 3.16. The molecule has 0 saturated heterocycles. The van der Waals surface area contributed by atoms with Crippen molar-refractivity contribution in [2.45, 2.75) is 13.8 Å². The third kappa shape index (κ3) is 10.2. The van der Waals surface area contributed by atoms with Crippen molar-refractivity contribution in [1.82, 2.24) is 0 Å². The van der Waals surface area contributed by atoms with Crippen molar-refractivity contribution >= 4 is 27.6 Å². The third-order valence-corrected chi connectivity index (χ3v) is 4.28. The number of carbonyl (C=O) groups excluding carboxylic acids is 1. The number of benzene rings is 1. The first-order valence-electron chi connectivity index (χ1n) is 6.57. The second-order valence-electron chi connectivity index (χ2n) is 3.38. The molecular weight excluding hydrogens is 330 g/mol. The van der Waals surface area contributed by atoms with E-state index in [-0.39, 0.29) is 19.0 Å². The lowest BCUT2D eigenvalue weighted by molar-refractivity contribution is -0.756. The molecule has 0 saturated carbocycles. The molecule has 1 rings (SSSR count). The molecule has 0 fully saturated rings. The number of rotatable bonds is 9. The van der Waals surface area contributed by atoms with Crippen molar-refractivity contribution in [3.8, 4) is 5.75 Å². The van der Waals surface area contributed by atoms with E-state index in [4.69, 9.17) is 9.84 Å². The Kier molecular flexibility index (Phi) is 12.1. The van der Waals surface area contributed by atoms with E-state index in [0.29, 0.717) is 17.1 Å². The molecule has 0 aliphatic rings. The first kappa shape index (κ1) is 20.4. The maximum atomic E-state index is 11.6. The molecule has 9 heteroatoms. The van der Waals surface area contributed by atoms with Crippen LogP contribution in [0.3, 0.4) is 0 Å². The molecule has 0 spiro atoms. The van der Waals surface area contributed by atoms with Gasteiger partial charge in [0, 0.05) is 11.5 Å². The second kappa shape index (κ2) is 13.1. The van der Waals surface area contributed by atoms with Crippen LogP contribution in [0.2, 0.25) is 0 Å². The molecule has 0 bridgehead atoms. The quantitative estimate of drug-likeness (QED) is 0.239. The number of hydrogen-bond donors (Lipinski definition) is 1. The molecule has 1 aromatic rings. The number of hydrogen-bond acceptors (Lipinski definition) is 8. The van der Waals surface area contributed by atoms with Crippen LogP contribution in [0.15, 0.2) is 24.3 Å². The Balaban J connectivity index is 0.00000211. The largest absolute Gasteiger partial charge is 0.508 e. The number of esters is 1. The molecule has 0 heterocycles. The topological polar surface area (TPSA) is 98.9 Å². The van der Waals surface area contributed by atoms with Crippen molar-refractivity contribution in [3.63, 3.8) is 0 Å². The van der Waals surface area contributed by atoms with Gasteiger partial charge in [0.1, 0.15) is 19.0 Å². The zero-order valence-corrected chi connectivity index (χ0v) is 14.0. The smallest absolute Gasteiger partial charge is 0.338 e. The van der Waals surface area contributed by atoms with Crippen LogP contribution in [0.1, 0.15) is 24.2 Å². The van der Waals surface area contributed by atoms with Gasteiger partial charge in [0.15, 0.2) is 0 Å². The van der Waals surface area contributed by atoms with Gasteiger partial charge in [-0.05, 0) is 24.3 Å². The molecule has 0 aromatic heterocycles. The van der Waals surface area contributed by atoms with E-state index < -0.39 is 11.1 Å². The molecule has 0 radical (unpaired) electrons. The number of carbonyl (C=O) groups is 1. The average Bonchev–Trinajstić information content (AvgIpc) is 2.52. The summed E-state index contributed by atoms with van der Waals surface area (Å²) in [5, 5.41) is 18.1.